The molecule has 0 amide bonds. The SMILES string of the molecule is CCCCCCCCC1(c2cc(C(C)(C)C)cc(C(C)(C)C)c2)c2cc(C)ccc2-c2ccc(C)cc21. The van der Waals surface area contributed by atoms with E-state index in [1.807, 2.05) is 0 Å². The summed E-state index contributed by atoms with van der Waals surface area (Å²) in [5.74, 6) is 0. The Morgan fingerprint density at radius 2 is 1.03 bits per heavy atom. The van der Waals surface area contributed by atoms with Gasteiger partial charge in [0.25, 0.3) is 0 Å². The third kappa shape index (κ3) is 5.45. The molecule has 0 bridgehead atoms. The van der Waals surface area contributed by atoms with E-state index in [2.05, 4.69) is 117 Å². The molecule has 0 saturated heterocycles. The zero-order chi connectivity index (χ0) is 27.0. The molecule has 1 aliphatic rings. The molecule has 0 radical (unpaired) electrons. The van der Waals surface area contributed by atoms with Crippen molar-refractivity contribution >= 4 is 0 Å². The van der Waals surface area contributed by atoms with Gasteiger partial charge in [-0.25, -0.2) is 0 Å². The van der Waals surface area contributed by atoms with E-state index in [4.69, 9.17) is 0 Å². The predicted molar refractivity (Wildman–Crippen MR) is 163 cm³/mol. The van der Waals surface area contributed by atoms with E-state index in [9.17, 15) is 0 Å². The van der Waals surface area contributed by atoms with Gasteiger partial charge in [0.1, 0.15) is 0 Å². The summed E-state index contributed by atoms with van der Waals surface area (Å²) in [4.78, 5) is 0. The molecule has 0 spiro atoms. The molecule has 0 heteroatoms. The summed E-state index contributed by atoms with van der Waals surface area (Å²) < 4.78 is 0. The van der Waals surface area contributed by atoms with Gasteiger partial charge in [0.05, 0.1) is 0 Å². The van der Waals surface area contributed by atoms with Crippen LogP contribution in [0.2, 0.25) is 0 Å². The van der Waals surface area contributed by atoms with E-state index < -0.39 is 0 Å². The highest BCUT2D eigenvalue weighted by molar-refractivity contribution is 5.84. The Bertz CT molecular complexity index is 1160. The Kier molecular flexibility index (Phi) is 7.81. The highest BCUT2D eigenvalue weighted by atomic mass is 14.5. The van der Waals surface area contributed by atoms with Gasteiger partial charge in [0.15, 0.2) is 0 Å². The van der Waals surface area contributed by atoms with Gasteiger partial charge in [-0.2, -0.15) is 0 Å². The monoisotopic (exact) mass is 494 g/mol. The number of aryl methyl sites for hydroxylation is 2. The highest BCUT2D eigenvalue weighted by Gasteiger charge is 2.45. The molecule has 3 aromatic rings. The molecule has 198 valence electrons. The van der Waals surface area contributed by atoms with Gasteiger partial charge in [-0.15, -0.1) is 0 Å². The fraction of sp³-hybridized carbons (Fsp3) is 0.514. The predicted octanol–water partition coefficient (Wildman–Crippen LogP) is 11.0. The second-order valence-electron chi connectivity index (χ2n) is 13.8. The molecular formula is C37H50. The minimum absolute atomic E-state index is 0.0980. The maximum Gasteiger partial charge on any atom is 0.0464 e. The van der Waals surface area contributed by atoms with Gasteiger partial charge in [-0.1, -0.05) is 153 Å². The number of hydrogen-bond donors (Lipinski definition) is 0. The smallest absolute Gasteiger partial charge is 0.0464 e. The van der Waals surface area contributed by atoms with Crippen LogP contribution < -0.4 is 0 Å². The molecule has 0 unspecified atom stereocenters. The maximum atomic E-state index is 2.57. The summed E-state index contributed by atoms with van der Waals surface area (Å²) in [6.45, 7) is 21.0. The van der Waals surface area contributed by atoms with Crippen LogP contribution in [-0.2, 0) is 16.2 Å². The molecule has 1 aliphatic carbocycles. The van der Waals surface area contributed by atoms with Crippen LogP contribution in [0.4, 0.5) is 0 Å². The van der Waals surface area contributed by atoms with Crippen molar-refractivity contribution in [3.8, 4) is 11.1 Å². The number of unbranched alkanes of at least 4 members (excludes halogenated alkanes) is 5. The molecule has 0 nitrogen and oxygen atoms in total. The van der Waals surface area contributed by atoms with Gasteiger partial charge >= 0.3 is 0 Å². The lowest BCUT2D eigenvalue weighted by molar-refractivity contribution is 0.500. The van der Waals surface area contributed by atoms with Crippen LogP contribution in [0.3, 0.4) is 0 Å². The average Bonchev–Trinajstić information content (AvgIpc) is 3.09. The van der Waals surface area contributed by atoms with Crippen molar-refractivity contribution in [1.82, 2.24) is 0 Å². The van der Waals surface area contributed by atoms with E-state index in [0.717, 1.165) is 0 Å². The lowest BCUT2D eigenvalue weighted by Gasteiger charge is -2.36. The molecule has 0 saturated carbocycles. The van der Waals surface area contributed by atoms with Gasteiger partial charge < -0.3 is 0 Å². The number of rotatable bonds is 8. The summed E-state index contributed by atoms with van der Waals surface area (Å²) in [6.07, 6.45) is 9.12. The fourth-order valence-corrected chi connectivity index (χ4v) is 6.27. The number of benzene rings is 3. The van der Waals surface area contributed by atoms with E-state index >= 15 is 0 Å². The first-order chi connectivity index (χ1) is 17.4. The summed E-state index contributed by atoms with van der Waals surface area (Å²) in [5.41, 5.74) is 13.1. The third-order valence-electron chi connectivity index (χ3n) is 8.62. The second-order valence-corrected chi connectivity index (χ2v) is 13.8. The number of fused-ring (bicyclic) bond motifs is 3. The lowest BCUT2D eigenvalue weighted by atomic mass is 9.66. The van der Waals surface area contributed by atoms with Crippen molar-refractivity contribution in [1.29, 1.82) is 0 Å². The standard InChI is InChI=1S/C37H50/c1-10-11-12-13-14-15-20-37(30-24-28(35(4,5)6)23-29(25-30)36(7,8)9)33-21-26(2)16-18-31(33)32-19-17-27(3)22-34(32)37/h16-19,21-25H,10-15,20H2,1-9H3. The zero-order valence-corrected chi connectivity index (χ0v) is 25.1. The van der Waals surface area contributed by atoms with Crippen LogP contribution in [0.1, 0.15) is 132 Å². The van der Waals surface area contributed by atoms with E-state index in [1.165, 1.54) is 95.0 Å². The molecule has 0 aromatic heterocycles. The molecule has 0 atom stereocenters. The minimum Gasteiger partial charge on any atom is -0.0654 e. The average molecular weight is 495 g/mol. The molecule has 0 heterocycles. The Balaban J connectivity index is 1.99. The van der Waals surface area contributed by atoms with Crippen LogP contribution in [0.5, 0.6) is 0 Å². The van der Waals surface area contributed by atoms with Crippen LogP contribution in [0.25, 0.3) is 11.1 Å². The summed E-state index contributed by atoms with van der Waals surface area (Å²) in [6, 6.07) is 22.0. The van der Waals surface area contributed by atoms with Crippen molar-refractivity contribution in [3.63, 3.8) is 0 Å². The van der Waals surface area contributed by atoms with Crippen molar-refractivity contribution < 1.29 is 0 Å². The number of hydrogen-bond acceptors (Lipinski definition) is 0. The van der Waals surface area contributed by atoms with Gasteiger partial charge in [0, 0.05) is 5.41 Å². The molecule has 0 N–H and O–H groups in total. The largest absolute Gasteiger partial charge is 0.0654 e. The van der Waals surface area contributed by atoms with Crippen LogP contribution in [-0.4, -0.2) is 0 Å². The molecular weight excluding hydrogens is 444 g/mol. The normalized spacial score (nSPS) is 14.5. The molecule has 0 fully saturated rings. The van der Waals surface area contributed by atoms with E-state index in [1.54, 1.807) is 0 Å². The Hall–Kier alpha value is -2.34. The molecule has 37 heavy (non-hydrogen) atoms. The lowest BCUT2D eigenvalue weighted by Crippen LogP contribution is -2.29. The summed E-state index contributed by atoms with van der Waals surface area (Å²) in [7, 11) is 0. The maximum absolute atomic E-state index is 2.57. The van der Waals surface area contributed by atoms with Gasteiger partial charge in [-0.3, -0.25) is 0 Å². The van der Waals surface area contributed by atoms with Crippen molar-refractivity contribution in [2.75, 3.05) is 0 Å². The van der Waals surface area contributed by atoms with Crippen molar-refractivity contribution in [2.24, 2.45) is 0 Å². The Morgan fingerprint density at radius 3 is 1.49 bits per heavy atom. The van der Waals surface area contributed by atoms with Crippen LogP contribution in [0.15, 0.2) is 54.6 Å². The quantitative estimate of drug-likeness (QED) is 0.273. The van der Waals surface area contributed by atoms with Crippen molar-refractivity contribution in [2.45, 2.75) is 124 Å². The Labute approximate surface area is 227 Å². The van der Waals surface area contributed by atoms with Crippen LogP contribution >= 0.6 is 0 Å². The topological polar surface area (TPSA) is 0 Å². The van der Waals surface area contributed by atoms with E-state index in [-0.39, 0.29) is 16.2 Å². The highest BCUT2D eigenvalue weighted by Crippen LogP contribution is 2.56. The van der Waals surface area contributed by atoms with Crippen LogP contribution in [0, 0.1) is 13.8 Å². The third-order valence-corrected chi connectivity index (χ3v) is 8.62. The molecule has 4 rings (SSSR count). The Morgan fingerprint density at radius 1 is 0.568 bits per heavy atom. The second kappa shape index (κ2) is 10.4. The fourth-order valence-electron chi connectivity index (χ4n) is 6.27. The van der Waals surface area contributed by atoms with Gasteiger partial charge in [0.2, 0.25) is 0 Å². The van der Waals surface area contributed by atoms with Gasteiger partial charge in [-0.05, 0) is 70.0 Å². The first kappa shape index (κ1) is 27.7. The van der Waals surface area contributed by atoms with E-state index in [0.29, 0.717) is 0 Å². The molecule has 3 aromatic carbocycles. The first-order valence-electron chi connectivity index (χ1n) is 14.8. The zero-order valence-electron chi connectivity index (χ0n) is 25.1. The summed E-state index contributed by atoms with van der Waals surface area (Å²) in [5, 5.41) is 0. The first-order valence-corrected chi connectivity index (χ1v) is 14.8. The van der Waals surface area contributed by atoms with Crippen molar-refractivity contribution in [3.05, 3.63) is 93.5 Å². The summed E-state index contributed by atoms with van der Waals surface area (Å²) >= 11 is 0. The molecule has 0 aliphatic heterocycles. The minimum atomic E-state index is -0.102.